The van der Waals surface area contributed by atoms with Crippen molar-refractivity contribution in [3.63, 3.8) is 0 Å². The molecule has 0 aromatic heterocycles. The van der Waals surface area contributed by atoms with Crippen molar-refractivity contribution in [3.8, 4) is 11.5 Å². The number of amides is 2. The molecule has 1 aromatic rings. The van der Waals surface area contributed by atoms with Crippen molar-refractivity contribution in [2.24, 2.45) is 0 Å². The maximum atomic E-state index is 12.7. The van der Waals surface area contributed by atoms with Crippen molar-refractivity contribution in [3.05, 3.63) is 23.8 Å². The summed E-state index contributed by atoms with van der Waals surface area (Å²) in [5.41, 5.74) is 0.797. The van der Waals surface area contributed by atoms with Crippen LogP contribution in [0.1, 0.15) is 48.7 Å². The summed E-state index contributed by atoms with van der Waals surface area (Å²) < 4.78 is 43.2. The first-order valence-corrected chi connectivity index (χ1v) is 10.1. The largest absolute Gasteiger partial charge is 0.493 e. The molecule has 3 rings (SSSR count). The molecule has 3 atom stereocenters. The van der Waals surface area contributed by atoms with E-state index in [1.54, 1.807) is 18.2 Å². The number of esters is 1. The Hall–Kier alpha value is -2.61. The molecule has 1 saturated heterocycles. The van der Waals surface area contributed by atoms with Crippen LogP contribution in [0.25, 0.3) is 0 Å². The molecule has 1 aliphatic carbocycles. The van der Waals surface area contributed by atoms with Crippen molar-refractivity contribution in [2.75, 3.05) is 20.8 Å². The van der Waals surface area contributed by atoms with Crippen LogP contribution in [0, 0.1) is 0 Å². The van der Waals surface area contributed by atoms with Crippen LogP contribution in [0.2, 0.25) is 0 Å². The Bertz CT molecular complexity index is 889. The Morgan fingerprint density at radius 3 is 2.73 bits per heavy atom. The lowest BCUT2D eigenvalue weighted by atomic mass is 9.91. The van der Waals surface area contributed by atoms with Gasteiger partial charge in [-0.2, -0.15) is 0 Å². The summed E-state index contributed by atoms with van der Waals surface area (Å²) in [7, 11) is -1.17. The maximum absolute atomic E-state index is 12.7. The van der Waals surface area contributed by atoms with Gasteiger partial charge in [0, 0.05) is 6.92 Å². The third-order valence-corrected chi connectivity index (χ3v) is 5.51. The third kappa shape index (κ3) is 4.92. The fourth-order valence-corrected chi connectivity index (χ4v) is 4.11. The van der Waals surface area contributed by atoms with Crippen LogP contribution in [0.3, 0.4) is 0 Å². The Morgan fingerprint density at radius 1 is 1.20 bits per heavy atom. The molecule has 0 bridgehead atoms. The minimum Gasteiger partial charge on any atom is -0.493 e. The molecule has 8 heteroatoms. The second kappa shape index (κ2) is 9.93. The predicted octanol–water partition coefficient (Wildman–Crippen LogP) is 2.26. The number of rotatable bonds is 8. The van der Waals surface area contributed by atoms with Gasteiger partial charge in [-0.1, -0.05) is 18.9 Å². The van der Waals surface area contributed by atoms with E-state index in [9.17, 15) is 14.4 Å². The molecule has 8 nitrogen and oxygen atoms in total. The van der Waals surface area contributed by atoms with E-state index in [-0.39, 0.29) is 24.2 Å². The zero-order chi connectivity index (χ0) is 24.2. The first-order valence-electron chi connectivity index (χ1n) is 11.6. The lowest BCUT2D eigenvalue weighted by molar-refractivity contribution is -0.158. The highest BCUT2D eigenvalue weighted by molar-refractivity contribution is 6.06. The number of imide groups is 1. The average molecular weight is 422 g/mol. The summed E-state index contributed by atoms with van der Waals surface area (Å²) in [6, 6.07) is 4.63. The first kappa shape index (κ1) is 18.2. The Labute approximate surface area is 180 Å². The van der Waals surface area contributed by atoms with Crippen molar-refractivity contribution < 1.29 is 37.4 Å². The van der Waals surface area contributed by atoms with E-state index in [0.717, 1.165) is 18.4 Å². The van der Waals surface area contributed by atoms with Crippen LogP contribution in [0.4, 0.5) is 0 Å². The van der Waals surface area contributed by atoms with Gasteiger partial charge in [-0.05, 0) is 37.0 Å². The second-order valence-corrected chi connectivity index (χ2v) is 7.50. The lowest BCUT2D eigenvalue weighted by Gasteiger charge is -2.36. The van der Waals surface area contributed by atoms with Crippen molar-refractivity contribution in [1.82, 2.24) is 4.90 Å². The third-order valence-electron chi connectivity index (χ3n) is 5.51. The molecule has 1 aliphatic heterocycles. The molecule has 0 N–H and O–H groups in total. The predicted molar refractivity (Wildman–Crippen MR) is 107 cm³/mol. The first-order chi connectivity index (χ1) is 15.6. The SMILES string of the molecule is [2H]C([2H])([2H])Oc1cc(CCO[C@@H]2CCCC[C@H]2N2C(=O)C[C@@H](OC(C)=O)C2=O)ccc1OC. The van der Waals surface area contributed by atoms with E-state index < -0.39 is 31.1 Å². The van der Waals surface area contributed by atoms with Gasteiger partial charge >= 0.3 is 5.97 Å². The van der Waals surface area contributed by atoms with E-state index in [1.807, 2.05) is 0 Å². The topological polar surface area (TPSA) is 91.4 Å². The number of ether oxygens (including phenoxy) is 4. The highest BCUT2D eigenvalue weighted by Crippen LogP contribution is 2.31. The van der Waals surface area contributed by atoms with Gasteiger partial charge < -0.3 is 18.9 Å². The second-order valence-electron chi connectivity index (χ2n) is 7.50. The monoisotopic (exact) mass is 422 g/mol. The van der Waals surface area contributed by atoms with Gasteiger partial charge in [-0.3, -0.25) is 19.3 Å². The molecule has 1 heterocycles. The van der Waals surface area contributed by atoms with E-state index in [0.29, 0.717) is 31.6 Å². The smallest absolute Gasteiger partial charge is 0.303 e. The average Bonchev–Trinajstić information content (AvgIpc) is 3.00. The van der Waals surface area contributed by atoms with Gasteiger partial charge in [0.25, 0.3) is 5.91 Å². The number of likely N-dealkylation sites (tertiary alicyclic amines) is 1. The molecule has 164 valence electrons. The highest BCUT2D eigenvalue weighted by Gasteiger charge is 2.47. The summed E-state index contributed by atoms with van der Waals surface area (Å²) in [5.74, 6) is -1.00. The lowest BCUT2D eigenvalue weighted by Crippen LogP contribution is -2.50. The molecule has 2 amide bonds. The van der Waals surface area contributed by atoms with Gasteiger partial charge in [-0.15, -0.1) is 0 Å². The standard InChI is InChI=1S/C22H29NO7/c1-14(24)30-20-13-21(25)23(22(20)26)16-6-4-5-7-17(16)29-11-10-15-8-9-18(27-2)19(12-15)28-3/h8-9,12,16-17,20H,4-7,10-11,13H2,1-3H3/t16-,17-,20-/m1/s1/i3D3. The van der Waals surface area contributed by atoms with E-state index >= 15 is 0 Å². The Balaban J connectivity index is 1.63. The molecule has 0 unspecified atom stereocenters. The highest BCUT2D eigenvalue weighted by atomic mass is 16.5. The zero-order valence-corrected chi connectivity index (χ0v) is 17.2. The molecule has 0 radical (unpaired) electrons. The summed E-state index contributed by atoms with van der Waals surface area (Å²) in [6.45, 7) is 1.52. The van der Waals surface area contributed by atoms with Crippen LogP contribution in [-0.2, 0) is 30.3 Å². The number of benzene rings is 1. The quantitative estimate of drug-likeness (QED) is 0.469. The van der Waals surface area contributed by atoms with Crippen LogP contribution < -0.4 is 9.47 Å². The Morgan fingerprint density at radius 2 is 2.00 bits per heavy atom. The minimum atomic E-state index is -2.60. The molecule has 2 aliphatic rings. The van der Waals surface area contributed by atoms with Crippen molar-refractivity contribution in [2.45, 2.75) is 63.7 Å². The van der Waals surface area contributed by atoms with Crippen molar-refractivity contribution >= 4 is 17.8 Å². The van der Waals surface area contributed by atoms with E-state index in [2.05, 4.69) is 0 Å². The number of hydrogen-bond donors (Lipinski definition) is 0. The summed E-state index contributed by atoms with van der Waals surface area (Å²) in [5, 5.41) is 0. The van der Waals surface area contributed by atoms with Crippen LogP contribution in [0.5, 0.6) is 11.5 Å². The zero-order valence-electron chi connectivity index (χ0n) is 20.2. The number of methoxy groups -OCH3 is 2. The maximum Gasteiger partial charge on any atom is 0.303 e. The van der Waals surface area contributed by atoms with Gasteiger partial charge in [-0.25, -0.2) is 0 Å². The molecular formula is C22H29NO7. The number of carbonyl (C=O) groups is 3. The molecular weight excluding hydrogens is 390 g/mol. The molecule has 0 spiro atoms. The van der Waals surface area contributed by atoms with E-state index in [1.165, 1.54) is 18.9 Å². The Kier molecular flexibility index (Phi) is 6.02. The van der Waals surface area contributed by atoms with Crippen LogP contribution in [-0.4, -0.2) is 61.7 Å². The summed E-state index contributed by atoms with van der Waals surface area (Å²) >= 11 is 0. The van der Waals surface area contributed by atoms with Gasteiger partial charge in [0.1, 0.15) is 0 Å². The fraction of sp³-hybridized carbons (Fsp3) is 0.591. The molecule has 30 heavy (non-hydrogen) atoms. The van der Waals surface area contributed by atoms with Gasteiger partial charge in [0.2, 0.25) is 5.91 Å². The number of nitrogens with zero attached hydrogens (tertiary/aromatic N) is 1. The van der Waals surface area contributed by atoms with Crippen molar-refractivity contribution in [1.29, 1.82) is 0 Å². The number of hydrogen-bond acceptors (Lipinski definition) is 7. The van der Waals surface area contributed by atoms with Gasteiger partial charge in [0.15, 0.2) is 17.6 Å². The molecule has 1 saturated carbocycles. The normalized spacial score (nSPS) is 26.0. The van der Waals surface area contributed by atoms with Crippen LogP contribution >= 0.6 is 0 Å². The molecule has 1 aromatic carbocycles. The van der Waals surface area contributed by atoms with Gasteiger partial charge in [0.05, 0.1) is 43.4 Å². The summed E-state index contributed by atoms with van der Waals surface area (Å²) in [4.78, 5) is 37.7. The van der Waals surface area contributed by atoms with E-state index in [4.69, 9.17) is 23.1 Å². The number of carbonyl (C=O) groups excluding carboxylic acids is 3. The summed E-state index contributed by atoms with van der Waals surface area (Å²) in [6.07, 6.45) is 2.08. The van der Waals surface area contributed by atoms with Crippen LogP contribution in [0.15, 0.2) is 18.2 Å². The molecule has 2 fully saturated rings. The fourth-order valence-electron chi connectivity index (χ4n) is 4.11. The minimum absolute atomic E-state index is 0.121.